The molecule has 0 fully saturated rings. The maximum absolute atomic E-state index is 10.7. The number of hydrogen-bond donors (Lipinski definition) is 0. The molecule has 0 amide bonds. The number of hydrogen-bond acceptors (Lipinski definition) is 2. The molecular formula is C10H11IO2. The Kier molecular flexibility index (Phi) is 3.71. The van der Waals surface area contributed by atoms with Crippen molar-refractivity contribution in [3.8, 4) is 5.75 Å². The molecule has 0 aliphatic heterocycles. The molecule has 2 nitrogen and oxygen atoms in total. The summed E-state index contributed by atoms with van der Waals surface area (Å²) in [6, 6.07) is 3.83. The first kappa shape index (κ1) is 10.5. The van der Waals surface area contributed by atoms with E-state index in [-0.39, 0.29) is 0 Å². The van der Waals surface area contributed by atoms with Crippen LogP contribution in [0.5, 0.6) is 5.75 Å². The smallest absolute Gasteiger partial charge is 0.153 e. The Morgan fingerprint density at radius 3 is 2.77 bits per heavy atom. The van der Waals surface area contributed by atoms with E-state index in [0.29, 0.717) is 17.9 Å². The molecule has 3 heteroatoms. The average molecular weight is 290 g/mol. The van der Waals surface area contributed by atoms with Gasteiger partial charge in [-0.25, -0.2) is 0 Å². The standard InChI is InChI=1S/C10H11IO2/c1-3-13-10-8(6-12)4-7(2)5-9(10)11/h4-6H,3H2,1-2H3. The Labute approximate surface area is 91.4 Å². The number of carbonyl (C=O) groups is 1. The molecule has 13 heavy (non-hydrogen) atoms. The number of aryl methyl sites for hydroxylation is 1. The SMILES string of the molecule is CCOc1c(I)cc(C)cc1C=O. The second kappa shape index (κ2) is 4.60. The summed E-state index contributed by atoms with van der Waals surface area (Å²) in [5.74, 6) is 0.698. The summed E-state index contributed by atoms with van der Waals surface area (Å²) in [6.45, 7) is 4.45. The number of rotatable bonds is 3. The lowest BCUT2D eigenvalue weighted by molar-refractivity contribution is 0.111. The summed E-state index contributed by atoms with van der Waals surface area (Å²) in [5.41, 5.74) is 1.71. The normalized spacial score (nSPS) is 9.77. The predicted octanol–water partition coefficient (Wildman–Crippen LogP) is 2.81. The van der Waals surface area contributed by atoms with Gasteiger partial charge in [0.1, 0.15) is 5.75 Å². The minimum Gasteiger partial charge on any atom is -0.492 e. The van der Waals surface area contributed by atoms with Gasteiger partial charge in [-0.05, 0) is 54.1 Å². The molecule has 0 saturated carbocycles. The maximum atomic E-state index is 10.7. The Morgan fingerprint density at radius 1 is 1.54 bits per heavy atom. The van der Waals surface area contributed by atoms with Gasteiger partial charge in [0.05, 0.1) is 15.7 Å². The fourth-order valence-corrected chi connectivity index (χ4v) is 2.10. The van der Waals surface area contributed by atoms with Crippen molar-refractivity contribution in [2.75, 3.05) is 6.61 Å². The highest BCUT2D eigenvalue weighted by Gasteiger charge is 2.07. The summed E-state index contributed by atoms with van der Waals surface area (Å²) in [7, 11) is 0. The summed E-state index contributed by atoms with van der Waals surface area (Å²) >= 11 is 2.17. The van der Waals surface area contributed by atoms with Crippen LogP contribution in [-0.2, 0) is 0 Å². The lowest BCUT2D eigenvalue weighted by Crippen LogP contribution is -1.99. The van der Waals surface area contributed by atoms with Crippen molar-refractivity contribution >= 4 is 28.9 Å². The molecule has 1 aromatic rings. The zero-order valence-electron chi connectivity index (χ0n) is 7.63. The van der Waals surface area contributed by atoms with Gasteiger partial charge in [0, 0.05) is 0 Å². The van der Waals surface area contributed by atoms with Gasteiger partial charge in [0.25, 0.3) is 0 Å². The van der Waals surface area contributed by atoms with Crippen molar-refractivity contribution < 1.29 is 9.53 Å². The molecule has 1 aromatic carbocycles. The maximum Gasteiger partial charge on any atom is 0.153 e. The van der Waals surface area contributed by atoms with Crippen molar-refractivity contribution in [3.05, 3.63) is 26.8 Å². The summed E-state index contributed by atoms with van der Waals surface area (Å²) in [5, 5.41) is 0. The third-order valence-corrected chi connectivity index (χ3v) is 2.43. The molecule has 0 N–H and O–H groups in total. The predicted molar refractivity (Wildman–Crippen MR) is 60.5 cm³/mol. The monoisotopic (exact) mass is 290 g/mol. The Balaban J connectivity index is 3.21. The van der Waals surface area contributed by atoms with E-state index in [2.05, 4.69) is 22.6 Å². The van der Waals surface area contributed by atoms with E-state index in [1.807, 2.05) is 26.0 Å². The second-order valence-electron chi connectivity index (χ2n) is 2.72. The average Bonchev–Trinajstić information content (AvgIpc) is 2.09. The molecular weight excluding hydrogens is 279 g/mol. The first-order valence-corrected chi connectivity index (χ1v) is 5.15. The fourth-order valence-electron chi connectivity index (χ4n) is 1.14. The second-order valence-corrected chi connectivity index (χ2v) is 3.88. The van der Waals surface area contributed by atoms with E-state index < -0.39 is 0 Å². The third kappa shape index (κ3) is 2.43. The summed E-state index contributed by atoms with van der Waals surface area (Å²) in [4.78, 5) is 10.7. The van der Waals surface area contributed by atoms with Crippen LogP contribution >= 0.6 is 22.6 Å². The molecule has 0 radical (unpaired) electrons. The van der Waals surface area contributed by atoms with Gasteiger partial charge in [-0.2, -0.15) is 0 Å². The molecule has 0 aromatic heterocycles. The Morgan fingerprint density at radius 2 is 2.23 bits per heavy atom. The minimum atomic E-state index is 0.583. The molecule has 1 rings (SSSR count). The molecule has 0 spiro atoms. The molecule has 70 valence electrons. The first-order chi connectivity index (χ1) is 6.19. The molecule has 0 saturated heterocycles. The number of halogens is 1. The van der Waals surface area contributed by atoms with Crippen LogP contribution in [0.2, 0.25) is 0 Å². The van der Waals surface area contributed by atoms with Crippen LogP contribution in [0.15, 0.2) is 12.1 Å². The van der Waals surface area contributed by atoms with Gasteiger partial charge in [0.15, 0.2) is 6.29 Å². The van der Waals surface area contributed by atoms with E-state index >= 15 is 0 Å². The fraction of sp³-hybridized carbons (Fsp3) is 0.300. The number of aldehydes is 1. The van der Waals surface area contributed by atoms with Gasteiger partial charge < -0.3 is 4.74 Å². The molecule has 0 heterocycles. The number of benzene rings is 1. The quantitative estimate of drug-likeness (QED) is 0.632. The zero-order valence-corrected chi connectivity index (χ0v) is 9.79. The van der Waals surface area contributed by atoms with Gasteiger partial charge in [0.2, 0.25) is 0 Å². The van der Waals surface area contributed by atoms with Gasteiger partial charge in [-0.3, -0.25) is 4.79 Å². The largest absolute Gasteiger partial charge is 0.492 e. The molecule has 0 aliphatic rings. The molecule has 0 bridgehead atoms. The highest BCUT2D eigenvalue weighted by atomic mass is 127. The molecule has 0 aliphatic carbocycles. The van der Waals surface area contributed by atoms with Crippen LogP contribution < -0.4 is 4.74 Å². The van der Waals surface area contributed by atoms with Crippen molar-refractivity contribution in [1.29, 1.82) is 0 Å². The summed E-state index contributed by atoms with van der Waals surface area (Å²) < 4.78 is 6.36. The van der Waals surface area contributed by atoms with Crippen LogP contribution in [0.3, 0.4) is 0 Å². The van der Waals surface area contributed by atoms with Crippen LogP contribution in [-0.4, -0.2) is 12.9 Å². The van der Waals surface area contributed by atoms with Crippen LogP contribution in [0, 0.1) is 10.5 Å². The first-order valence-electron chi connectivity index (χ1n) is 4.07. The van der Waals surface area contributed by atoms with E-state index in [4.69, 9.17) is 4.74 Å². The van der Waals surface area contributed by atoms with Crippen LogP contribution in [0.1, 0.15) is 22.8 Å². The third-order valence-electron chi connectivity index (χ3n) is 1.63. The summed E-state index contributed by atoms with van der Waals surface area (Å²) in [6.07, 6.45) is 0.833. The van der Waals surface area contributed by atoms with Gasteiger partial charge in [-0.15, -0.1) is 0 Å². The lowest BCUT2D eigenvalue weighted by Gasteiger charge is -2.09. The zero-order chi connectivity index (χ0) is 9.84. The lowest BCUT2D eigenvalue weighted by atomic mass is 10.1. The van der Waals surface area contributed by atoms with Crippen LogP contribution in [0.25, 0.3) is 0 Å². The van der Waals surface area contributed by atoms with E-state index in [9.17, 15) is 4.79 Å². The van der Waals surface area contributed by atoms with E-state index in [1.165, 1.54) is 0 Å². The molecule has 0 unspecified atom stereocenters. The minimum absolute atomic E-state index is 0.583. The van der Waals surface area contributed by atoms with E-state index in [1.54, 1.807) is 0 Å². The Bertz CT molecular complexity index is 321. The molecule has 0 atom stereocenters. The highest BCUT2D eigenvalue weighted by Crippen LogP contribution is 2.26. The van der Waals surface area contributed by atoms with Crippen molar-refractivity contribution in [3.63, 3.8) is 0 Å². The number of carbonyl (C=O) groups excluding carboxylic acids is 1. The van der Waals surface area contributed by atoms with E-state index in [0.717, 1.165) is 15.4 Å². The van der Waals surface area contributed by atoms with Crippen molar-refractivity contribution in [2.45, 2.75) is 13.8 Å². The van der Waals surface area contributed by atoms with Gasteiger partial charge >= 0.3 is 0 Å². The Hall–Kier alpha value is -0.580. The highest BCUT2D eigenvalue weighted by molar-refractivity contribution is 14.1. The van der Waals surface area contributed by atoms with Crippen molar-refractivity contribution in [1.82, 2.24) is 0 Å². The van der Waals surface area contributed by atoms with Crippen LogP contribution in [0.4, 0.5) is 0 Å². The number of ether oxygens (including phenoxy) is 1. The topological polar surface area (TPSA) is 26.3 Å². The van der Waals surface area contributed by atoms with Gasteiger partial charge in [-0.1, -0.05) is 0 Å². The van der Waals surface area contributed by atoms with Crippen molar-refractivity contribution in [2.24, 2.45) is 0 Å².